The molecule has 0 bridgehead atoms. The van der Waals surface area contributed by atoms with Gasteiger partial charge >= 0.3 is 6.18 Å². The standard InChI is InChI=1S/C13H13F4N3S.2ClH/c14-9-7-10-11(6-8(9)13(15,16)17)21-12(19-10)20-4-1-2-18-3-5-20;;/h6-7,18H,1-5H2;2*1H. The first-order valence-electron chi connectivity index (χ1n) is 6.58. The molecule has 0 unspecified atom stereocenters. The van der Waals surface area contributed by atoms with E-state index in [9.17, 15) is 17.6 Å². The summed E-state index contributed by atoms with van der Waals surface area (Å²) >= 11 is 1.17. The minimum absolute atomic E-state index is 0. The van der Waals surface area contributed by atoms with E-state index in [-0.39, 0.29) is 30.3 Å². The van der Waals surface area contributed by atoms with E-state index in [0.717, 1.165) is 44.7 Å². The Kier molecular flexibility index (Phi) is 6.88. The topological polar surface area (TPSA) is 28.2 Å². The van der Waals surface area contributed by atoms with Crippen LogP contribution in [0.25, 0.3) is 10.2 Å². The molecule has 0 amide bonds. The fraction of sp³-hybridized carbons (Fsp3) is 0.462. The second kappa shape index (κ2) is 7.83. The van der Waals surface area contributed by atoms with Crippen molar-refractivity contribution in [1.82, 2.24) is 10.3 Å². The molecule has 10 heteroatoms. The van der Waals surface area contributed by atoms with Gasteiger partial charge in [-0.3, -0.25) is 0 Å². The van der Waals surface area contributed by atoms with Crippen LogP contribution in [-0.2, 0) is 6.18 Å². The Labute approximate surface area is 146 Å². The summed E-state index contributed by atoms with van der Waals surface area (Å²) in [5.74, 6) is -1.27. The van der Waals surface area contributed by atoms with E-state index in [1.807, 2.05) is 4.90 Å². The fourth-order valence-corrected chi connectivity index (χ4v) is 3.36. The molecule has 1 aliphatic heterocycles. The average Bonchev–Trinajstić information content (AvgIpc) is 2.63. The minimum Gasteiger partial charge on any atom is -0.347 e. The van der Waals surface area contributed by atoms with Crippen molar-refractivity contribution < 1.29 is 17.6 Å². The number of thiazole rings is 1. The fourth-order valence-electron chi connectivity index (χ4n) is 2.33. The molecule has 1 saturated heterocycles. The number of aromatic nitrogens is 1. The quantitative estimate of drug-likeness (QED) is 0.741. The Morgan fingerprint density at radius 3 is 2.57 bits per heavy atom. The molecular weight excluding hydrogens is 377 g/mol. The molecule has 130 valence electrons. The van der Waals surface area contributed by atoms with Crippen LogP contribution in [-0.4, -0.2) is 31.2 Å². The van der Waals surface area contributed by atoms with Crippen LogP contribution in [0.3, 0.4) is 0 Å². The summed E-state index contributed by atoms with van der Waals surface area (Å²) < 4.78 is 52.1. The van der Waals surface area contributed by atoms with Gasteiger partial charge < -0.3 is 10.2 Å². The maximum absolute atomic E-state index is 13.6. The number of nitrogens with zero attached hydrogens (tertiary/aromatic N) is 2. The highest BCUT2D eigenvalue weighted by atomic mass is 35.5. The van der Waals surface area contributed by atoms with E-state index in [0.29, 0.717) is 9.83 Å². The molecule has 1 fully saturated rings. The van der Waals surface area contributed by atoms with E-state index in [4.69, 9.17) is 0 Å². The molecule has 1 N–H and O–H groups in total. The number of rotatable bonds is 1. The largest absolute Gasteiger partial charge is 0.419 e. The van der Waals surface area contributed by atoms with E-state index < -0.39 is 17.6 Å². The van der Waals surface area contributed by atoms with Crippen molar-refractivity contribution in [3.63, 3.8) is 0 Å². The third-order valence-corrected chi connectivity index (χ3v) is 4.46. The number of fused-ring (bicyclic) bond motifs is 1. The van der Waals surface area contributed by atoms with Crippen LogP contribution < -0.4 is 10.2 Å². The van der Waals surface area contributed by atoms with Crippen LogP contribution in [0.2, 0.25) is 0 Å². The molecule has 0 saturated carbocycles. The molecule has 23 heavy (non-hydrogen) atoms. The van der Waals surface area contributed by atoms with Crippen LogP contribution in [0.4, 0.5) is 22.7 Å². The summed E-state index contributed by atoms with van der Waals surface area (Å²) in [6.45, 7) is 3.25. The molecule has 3 rings (SSSR count). The van der Waals surface area contributed by atoms with Crippen molar-refractivity contribution >= 4 is 51.5 Å². The highest BCUT2D eigenvalue weighted by molar-refractivity contribution is 7.22. The van der Waals surface area contributed by atoms with E-state index in [1.165, 1.54) is 11.3 Å². The molecule has 0 radical (unpaired) electrons. The van der Waals surface area contributed by atoms with Gasteiger partial charge in [0.05, 0.1) is 15.8 Å². The van der Waals surface area contributed by atoms with Gasteiger partial charge in [0.15, 0.2) is 5.13 Å². The third-order valence-electron chi connectivity index (χ3n) is 3.38. The number of hydrogen-bond donors (Lipinski definition) is 1. The first kappa shape index (κ1) is 20.2. The molecule has 0 atom stereocenters. The second-order valence-corrected chi connectivity index (χ2v) is 5.89. The molecule has 0 spiro atoms. The van der Waals surface area contributed by atoms with Crippen molar-refractivity contribution in [2.24, 2.45) is 0 Å². The smallest absolute Gasteiger partial charge is 0.347 e. The van der Waals surface area contributed by atoms with Gasteiger partial charge in [0, 0.05) is 25.7 Å². The Balaban J connectivity index is 0.00000132. The molecule has 1 aromatic heterocycles. The maximum atomic E-state index is 13.6. The van der Waals surface area contributed by atoms with E-state index in [1.54, 1.807) is 0 Å². The van der Waals surface area contributed by atoms with Gasteiger partial charge in [0.1, 0.15) is 5.82 Å². The van der Waals surface area contributed by atoms with Gasteiger partial charge in [-0.05, 0) is 19.0 Å². The normalized spacial score (nSPS) is 15.7. The minimum atomic E-state index is -4.69. The molecule has 1 aromatic carbocycles. The Hall–Kier alpha value is -0.830. The number of benzene rings is 1. The number of hydrogen-bond acceptors (Lipinski definition) is 4. The number of alkyl halides is 3. The van der Waals surface area contributed by atoms with Crippen LogP contribution in [0.1, 0.15) is 12.0 Å². The average molecular weight is 392 g/mol. The number of nitrogens with one attached hydrogen (secondary N) is 1. The van der Waals surface area contributed by atoms with Crippen LogP contribution >= 0.6 is 36.2 Å². The Morgan fingerprint density at radius 1 is 1.13 bits per heavy atom. The first-order valence-corrected chi connectivity index (χ1v) is 7.40. The van der Waals surface area contributed by atoms with Crippen molar-refractivity contribution in [2.45, 2.75) is 12.6 Å². The zero-order valence-corrected chi connectivity index (χ0v) is 14.3. The van der Waals surface area contributed by atoms with Gasteiger partial charge in [0.25, 0.3) is 0 Å². The number of halogens is 6. The van der Waals surface area contributed by atoms with Crippen molar-refractivity contribution in [2.75, 3.05) is 31.1 Å². The summed E-state index contributed by atoms with van der Waals surface area (Å²) in [4.78, 5) is 6.30. The molecule has 3 nitrogen and oxygen atoms in total. The lowest BCUT2D eigenvalue weighted by Gasteiger charge is -2.17. The van der Waals surface area contributed by atoms with Crippen LogP contribution in [0, 0.1) is 5.82 Å². The summed E-state index contributed by atoms with van der Waals surface area (Å²) in [6.07, 6.45) is -3.74. The first-order chi connectivity index (χ1) is 9.95. The lowest BCUT2D eigenvalue weighted by Crippen LogP contribution is -2.27. The Bertz CT molecular complexity index is 654. The third kappa shape index (κ3) is 4.37. The predicted octanol–water partition coefficient (Wildman–Crippen LogP) is 4.10. The van der Waals surface area contributed by atoms with Crippen LogP contribution in [0.15, 0.2) is 12.1 Å². The zero-order valence-electron chi connectivity index (χ0n) is 11.8. The molecular formula is C13H15Cl2F4N3S. The maximum Gasteiger partial charge on any atom is 0.419 e. The summed E-state index contributed by atoms with van der Waals surface area (Å²) in [6, 6.07) is 1.72. The van der Waals surface area contributed by atoms with Gasteiger partial charge in [-0.15, -0.1) is 24.8 Å². The van der Waals surface area contributed by atoms with Gasteiger partial charge in [-0.2, -0.15) is 13.2 Å². The molecule has 0 aliphatic carbocycles. The van der Waals surface area contributed by atoms with Crippen molar-refractivity contribution in [3.05, 3.63) is 23.5 Å². The monoisotopic (exact) mass is 391 g/mol. The summed E-state index contributed by atoms with van der Waals surface area (Å²) in [5.41, 5.74) is -0.958. The van der Waals surface area contributed by atoms with E-state index in [2.05, 4.69) is 10.3 Å². The van der Waals surface area contributed by atoms with Crippen molar-refractivity contribution in [1.29, 1.82) is 0 Å². The molecule has 1 aliphatic rings. The molecule has 2 heterocycles. The highest BCUT2D eigenvalue weighted by Crippen LogP contribution is 2.37. The Morgan fingerprint density at radius 2 is 1.87 bits per heavy atom. The second-order valence-electron chi connectivity index (χ2n) is 4.88. The zero-order chi connectivity index (χ0) is 15.0. The van der Waals surface area contributed by atoms with Gasteiger partial charge in [-0.25, -0.2) is 9.37 Å². The predicted molar refractivity (Wildman–Crippen MR) is 88.8 cm³/mol. The lowest BCUT2D eigenvalue weighted by molar-refractivity contribution is -0.139. The summed E-state index contributed by atoms with van der Waals surface area (Å²) in [5, 5.41) is 3.89. The van der Waals surface area contributed by atoms with E-state index >= 15 is 0 Å². The highest BCUT2D eigenvalue weighted by Gasteiger charge is 2.34. The summed E-state index contributed by atoms with van der Waals surface area (Å²) in [7, 11) is 0. The molecule has 2 aromatic rings. The van der Waals surface area contributed by atoms with Gasteiger partial charge in [0.2, 0.25) is 0 Å². The van der Waals surface area contributed by atoms with Gasteiger partial charge in [-0.1, -0.05) is 11.3 Å². The van der Waals surface area contributed by atoms with Crippen molar-refractivity contribution in [3.8, 4) is 0 Å². The lowest BCUT2D eigenvalue weighted by atomic mass is 10.2. The number of anilines is 1. The SMILES string of the molecule is Cl.Cl.Fc1cc2nc(N3CCCNCC3)sc2cc1C(F)(F)F. The van der Waals surface area contributed by atoms with Crippen LogP contribution in [0.5, 0.6) is 0 Å².